The molecule has 3 aliphatic rings. The fraction of sp³-hybridized carbons (Fsp3) is 0.750. The van der Waals surface area contributed by atoms with Crippen LogP contribution in [0.3, 0.4) is 0 Å². The molecule has 0 amide bonds. The highest BCUT2D eigenvalue weighted by molar-refractivity contribution is 6.27. The van der Waals surface area contributed by atoms with Crippen LogP contribution in [0, 0.1) is 5.92 Å². The molecule has 3 aliphatic carbocycles. The lowest BCUT2D eigenvalue weighted by Gasteiger charge is -2.40. The number of rotatable bonds is 0. The van der Waals surface area contributed by atoms with Crippen molar-refractivity contribution in [3.8, 4) is 0 Å². The third kappa shape index (κ3) is 0.981. The number of allylic oxidation sites excluding steroid dienone is 2. The van der Waals surface area contributed by atoms with Gasteiger partial charge in [-0.3, -0.25) is 0 Å². The van der Waals surface area contributed by atoms with Crippen LogP contribution in [-0.4, -0.2) is 10.3 Å². The molecule has 1 fully saturated rings. The Labute approximate surface area is 71.2 Å². The molecule has 0 aromatic heterocycles. The molecule has 0 aliphatic heterocycles. The average Bonchev–Trinajstić information content (AvgIpc) is 1.87. The highest BCUT2D eigenvalue weighted by Gasteiger charge is 2.39. The van der Waals surface area contributed by atoms with E-state index >= 15 is 0 Å². The van der Waals surface area contributed by atoms with Gasteiger partial charge in [0.1, 0.15) is 0 Å². The van der Waals surface area contributed by atoms with Crippen LogP contribution in [0.15, 0.2) is 12.2 Å². The van der Waals surface area contributed by atoms with Crippen molar-refractivity contribution in [3.63, 3.8) is 0 Å². The van der Waals surface area contributed by atoms with Gasteiger partial charge in [0.2, 0.25) is 0 Å². The normalized spacial score (nSPS) is 51.8. The molecule has 0 aromatic rings. The maximum absolute atomic E-state index is 6.22. The van der Waals surface area contributed by atoms with Crippen molar-refractivity contribution in [2.24, 2.45) is 5.92 Å². The first-order chi connectivity index (χ1) is 4.70. The molecular weight excluding hydrogens is 167 g/mol. The maximum atomic E-state index is 6.22. The molecule has 1 saturated carbocycles. The Balaban J connectivity index is 2.28. The summed E-state index contributed by atoms with van der Waals surface area (Å²) in [4.78, 5) is -0.0822. The Kier molecular flexibility index (Phi) is 1.50. The SMILES string of the molecule is ClC1CC2(Cl)C=CC1CC2. The lowest BCUT2D eigenvalue weighted by molar-refractivity contribution is 0.357. The van der Waals surface area contributed by atoms with Crippen LogP contribution in [-0.2, 0) is 0 Å². The van der Waals surface area contributed by atoms with E-state index in [9.17, 15) is 0 Å². The van der Waals surface area contributed by atoms with Crippen LogP contribution in [0.2, 0.25) is 0 Å². The Morgan fingerprint density at radius 1 is 1.50 bits per heavy atom. The molecule has 56 valence electrons. The summed E-state index contributed by atoms with van der Waals surface area (Å²) in [5.74, 6) is 0.599. The quantitative estimate of drug-likeness (QED) is 0.394. The number of halogens is 2. The van der Waals surface area contributed by atoms with Gasteiger partial charge in [-0.1, -0.05) is 12.2 Å². The molecule has 2 bridgehead atoms. The molecule has 3 rings (SSSR count). The summed E-state index contributed by atoms with van der Waals surface area (Å²) in [7, 11) is 0. The van der Waals surface area contributed by atoms with E-state index in [0.29, 0.717) is 5.92 Å². The van der Waals surface area contributed by atoms with E-state index in [1.54, 1.807) is 0 Å². The number of hydrogen-bond acceptors (Lipinski definition) is 0. The minimum absolute atomic E-state index is 0.0822. The summed E-state index contributed by atoms with van der Waals surface area (Å²) in [6.07, 6.45) is 7.55. The summed E-state index contributed by atoms with van der Waals surface area (Å²) < 4.78 is 0. The predicted octanol–water partition coefficient (Wildman–Crippen LogP) is 2.94. The van der Waals surface area contributed by atoms with Crippen molar-refractivity contribution in [2.45, 2.75) is 29.5 Å². The van der Waals surface area contributed by atoms with E-state index in [-0.39, 0.29) is 10.3 Å². The minimum Gasteiger partial charge on any atom is -0.122 e. The second-order valence-corrected chi connectivity index (χ2v) is 4.63. The molecule has 3 atom stereocenters. The number of alkyl halides is 2. The first-order valence-corrected chi connectivity index (χ1v) is 4.53. The van der Waals surface area contributed by atoms with Crippen molar-refractivity contribution in [1.29, 1.82) is 0 Å². The van der Waals surface area contributed by atoms with E-state index in [1.165, 1.54) is 6.42 Å². The molecule has 3 unspecified atom stereocenters. The molecule has 0 nitrogen and oxygen atoms in total. The molecule has 2 heteroatoms. The van der Waals surface area contributed by atoms with Gasteiger partial charge in [-0.2, -0.15) is 0 Å². The Hall–Kier alpha value is 0.320. The van der Waals surface area contributed by atoms with Gasteiger partial charge < -0.3 is 0 Å². The zero-order valence-electron chi connectivity index (χ0n) is 5.69. The standard InChI is InChI=1S/C8H10Cl2/c9-7-5-8(10)3-1-6(7)2-4-8/h1,3,6-7H,2,4-5H2. The van der Waals surface area contributed by atoms with E-state index < -0.39 is 0 Å². The van der Waals surface area contributed by atoms with Gasteiger partial charge >= 0.3 is 0 Å². The molecular formula is C8H10Cl2. The minimum atomic E-state index is -0.0822. The Bertz CT molecular complexity index is 176. The van der Waals surface area contributed by atoms with Crippen molar-refractivity contribution in [2.75, 3.05) is 0 Å². The second-order valence-electron chi connectivity index (χ2n) is 3.32. The molecule has 0 saturated heterocycles. The Morgan fingerprint density at radius 2 is 2.30 bits per heavy atom. The highest BCUT2D eigenvalue weighted by atomic mass is 35.5. The second kappa shape index (κ2) is 2.15. The third-order valence-corrected chi connectivity index (χ3v) is 3.48. The first-order valence-electron chi connectivity index (χ1n) is 3.72. The Morgan fingerprint density at radius 3 is 2.60 bits per heavy atom. The molecule has 0 spiro atoms. The summed E-state index contributed by atoms with van der Waals surface area (Å²) in [5.41, 5.74) is 0. The predicted molar refractivity (Wildman–Crippen MR) is 44.7 cm³/mol. The summed E-state index contributed by atoms with van der Waals surface area (Å²) in [6, 6.07) is 0. The van der Waals surface area contributed by atoms with Gasteiger partial charge in [-0.05, 0) is 25.2 Å². The first kappa shape index (κ1) is 7.00. The molecule has 10 heavy (non-hydrogen) atoms. The van der Waals surface area contributed by atoms with Gasteiger partial charge in [-0.25, -0.2) is 0 Å². The van der Waals surface area contributed by atoms with Crippen LogP contribution >= 0.6 is 23.2 Å². The number of fused-ring (bicyclic) bond motifs is 2. The average molecular weight is 177 g/mol. The van der Waals surface area contributed by atoms with Crippen molar-refractivity contribution in [3.05, 3.63) is 12.2 Å². The largest absolute Gasteiger partial charge is 0.122 e. The van der Waals surface area contributed by atoms with Gasteiger partial charge in [0.15, 0.2) is 0 Å². The smallest absolute Gasteiger partial charge is 0.0640 e. The van der Waals surface area contributed by atoms with Crippen LogP contribution in [0.1, 0.15) is 19.3 Å². The summed E-state index contributed by atoms with van der Waals surface area (Å²) >= 11 is 12.3. The van der Waals surface area contributed by atoms with Gasteiger partial charge in [-0.15, -0.1) is 23.2 Å². The van der Waals surface area contributed by atoms with Gasteiger partial charge in [0.25, 0.3) is 0 Å². The van der Waals surface area contributed by atoms with Gasteiger partial charge in [0.05, 0.1) is 4.87 Å². The fourth-order valence-corrected chi connectivity index (χ4v) is 2.74. The van der Waals surface area contributed by atoms with E-state index in [1.807, 2.05) is 0 Å². The molecule has 0 aromatic carbocycles. The van der Waals surface area contributed by atoms with Crippen molar-refractivity contribution in [1.82, 2.24) is 0 Å². The van der Waals surface area contributed by atoms with Crippen LogP contribution in [0.25, 0.3) is 0 Å². The molecule has 0 heterocycles. The van der Waals surface area contributed by atoms with Crippen molar-refractivity contribution < 1.29 is 0 Å². The van der Waals surface area contributed by atoms with Crippen LogP contribution < -0.4 is 0 Å². The maximum Gasteiger partial charge on any atom is 0.0640 e. The van der Waals surface area contributed by atoms with Gasteiger partial charge in [0, 0.05) is 5.38 Å². The fourth-order valence-electron chi connectivity index (χ4n) is 1.83. The summed E-state index contributed by atoms with van der Waals surface area (Å²) in [5, 5.41) is 0.288. The summed E-state index contributed by atoms with van der Waals surface area (Å²) in [6.45, 7) is 0. The van der Waals surface area contributed by atoms with E-state index in [2.05, 4.69) is 12.2 Å². The van der Waals surface area contributed by atoms with E-state index in [4.69, 9.17) is 23.2 Å². The number of hydrogen-bond donors (Lipinski definition) is 0. The monoisotopic (exact) mass is 176 g/mol. The van der Waals surface area contributed by atoms with Crippen LogP contribution in [0.4, 0.5) is 0 Å². The highest BCUT2D eigenvalue weighted by Crippen LogP contribution is 2.45. The zero-order valence-corrected chi connectivity index (χ0v) is 7.20. The third-order valence-electron chi connectivity index (χ3n) is 2.53. The zero-order chi connectivity index (χ0) is 7.19. The lowest BCUT2D eigenvalue weighted by Crippen LogP contribution is -2.37. The lowest BCUT2D eigenvalue weighted by atomic mass is 9.75. The molecule has 0 N–H and O–H groups in total. The van der Waals surface area contributed by atoms with E-state index in [0.717, 1.165) is 12.8 Å². The molecule has 0 radical (unpaired) electrons. The topological polar surface area (TPSA) is 0 Å². The van der Waals surface area contributed by atoms with Crippen molar-refractivity contribution >= 4 is 23.2 Å². The van der Waals surface area contributed by atoms with Crippen LogP contribution in [0.5, 0.6) is 0 Å².